The molecule has 18 heavy (non-hydrogen) atoms. The van der Waals surface area contributed by atoms with Gasteiger partial charge in [0.1, 0.15) is 0 Å². The number of nitrogens with one attached hydrogen (secondary N) is 1. The van der Waals surface area contributed by atoms with Crippen LogP contribution in [0.4, 0.5) is 13.2 Å². The molecule has 1 fully saturated rings. The quantitative estimate of drug-likeness (QED) is 0.906. The Hall–Kier alpha value is -0.390. The van der Waals surface area contributed by atoms with Crippen LogP contribution in [0.2, 0.25) is 5.02 Å². The first kappa shape index (κ1) is 14.0. The van der Waals surface area contributed by atoms with Gasteiger partial charge in [-0.15, -0.1) is 0 Å². The Morgan fingerprint density at radius 3 is 2.44 bits per heavy atom. The lowest BCUT2D eigenvalue weighted by Crippen LogP contribution is -2.57. The Kier molecular flexibility index (Phi) is 4.14. The van der Waals surface area contributed by atoms with Crippen molar-refractivity contribution in [2.45, 2.75) is 17.3 Å². The lowest BCUT2D eigenvalue weighted by molar-refractivity contribution is -0.0329. The van der Waals surface area contributed by atoms with Crippen LogP contribution in [0.1, 0.15) is 12.0 Å². The Balaban J connectivity index is 2.05. The van der Waals surface area contributed by atoms with Gasteiger partial charge in [-0.3, -0.25) is 0 Å². The zero-order chi connectivity index (χ0) is 13.2. The maximum absolute atomic E-state index is 12.2. The van der Waals surface area contributed by atoms with E-state index < -0.39 is 5.51 Å². The highest BCUT2D eigenvalue weighted by Crippen LogP contribution is 2.39. The van der Waals surface area contributed by atoms with Crippen LogP contribution in [0.15, 0.2) is 24.3 Å². The Morgan fingerprint density at radius 2 is 1.94 bits per heavy atom. The van der Waals surface area contributed by atoms with Crippen molar-refractivity contribution in [3.8, 4) is 0 Å². The second kappa shape index (κ2) is 5.31. The molecule has 0 bridgehead atoms. The Labute approximate surface area is 113 Å². The highest BCUT2D eigenvalue weighted by Gasteiger charge is 2.40. The second-order valence-corrected chi connectivity index (χ2v) is 5.97. The molecule has 0 atom stereocenters. The highest BCUT2D eigenvalue weighted by molar-refractivity contribution is 8.00. The molecule has 1 aliphatic heterocycles. The first-order valence-corrected chi connectivity index (χ1v) is 6.96. The molecule has 6 heteroatoms. The zero-order valence-corrected chi connectivity index (χ0v) is 11.1. The predicted octanol–water partition coefficient (Wildman–Crippen LogP) is 3.82. The number of rotatable bonds is 4. The summed E-state index contributed by atoms with van der Waals surface area (Å²) in [6.45, 7) is 1.38. The van der Waals surface area contributed by atoms with E-state index in [0.29, 0.717) is 24.5 Å². The van der Waals surface area contributed by atoms with E-state index in [1.54, 1.807) is 6.07 Å². The van der Waals surface area contributed by atoms with Crippen LogP contribution in [0.25, 0.3) is 0 Å². The van der Waals surface area contributed by atoms with Gasteiger partial charge in [-0.05, 0) is 18.1 Å². The minimum Gasteiger partial charge on any atom is -0.315 e. The van der Waals surface area contributed by atoms with Gasteiger partial charge in [0, 0.05) is 29.3 Å². The molecule has 0 spiro atoms. The van der Waals surface area contributed by atoms with Gasteiger partial charge in [-0.1, -0.05) is 41.6 Å². The number of benzene rings is 1. The van der Waals surface area contributed by atoms with Crippen molar-refractivity contribution in [1.29, 1.82) is 0 Å². The van der Waals surface area contributed by atoms with Gasteiger partial charge < -0.3 is 5.32 Å². The molecule has 1 saturated heterocycles. The number of halogens is 4. The van der Waals surface area contributed by atoms with Gasteiger partial charge >= 0.3 is 5.51 Å². The van der Waals surface area contributed by atoms with Gasteiger partial charge in [-0.2, -0.15) is 13.2 Å². The van der Waals surface area contributed by atoms with Gasteiger partial charge in [0.2, 0.25) is 0 Å². The number of hydrogen-bond acceptors (Lipinski definition) is 2. The normalized spacial score (nSPS) is 18.4. The van der Waals surface area contributed by atoms with Crippen molar-refractivity contribution in [2.24, 2.45) is 0 Å². The van der Waals surface area contributed by atoms with E-state index in [1.165, 1.54) is 0 Å². The summed E-state index contributed by atoms with van der Waals surface area (Å²) in [6, 6.07) is 7.39. The zero-order valence-electron chi connectivity index (χ0n) is 9.56. The van der Waals surface area contributed by atoms with Crippen molar-refractivity contribution in [3.05, 3.63) is 34.9 Å². The van der Waals surface area contributed by atoms with Crippen molar-refractivity contribution in [3.63, 3.8) is 0 Å². The SMILES string of the molecule is FC(F)(F)SCCC1(c2ccccc2Cl)CNC1. The van der Waals surface area contributed by atoms with E-state index >= 15 is 0 Å². The second-order valence-electron chi connectivity index (χ2n) is 4.41. The average Bonchev–Trinajstić information content (AvgIpc) is 2.22. The van der Waals surface area contributed by atoms with Crippen LogP contribution < -0.4 is 5.32 Å². The van der Waals surface area contributed by atoms with E-state index in [0.717, 1.165) is 5.56 Å². The lowest BCUT2D eigenvalue weighted by atomic mass is 9.73. The van der Waals surface area contributed by atoms with Crippen LogP contribution in [0.5, 0.6) is 0 Å². The number of thioether (sulfide) groups is 1. The number of alkyl halides is 3. The van der Waals surface area contributed by atoms with Gasteiger partial charge in [0.25, 0.3) is 0 Å². The molecule has 0 amide bonds. The van der Waals surface area contributed by atoms with E-state index in [4.69, 9.17) is 11.6 Å². The largest absolute Gasteiger partial charge is 0.441 e. The van der Waals surface area contributed by atoms with Crippen molar-refractivity contribution in [1.82, 2.24) is 5.32 Å². The summed E-state index contributed by atoms with van der Waals surface area (Å²) in [6.07, 6.45) is 0.480. The molecule has 0 aromatic heterocycles. The summed E-state index contributed by atoms with van der Waals surface area (Å²) in [4.78, 5) is 0. The molecule has 0 unspecified atom stereocenters. The van der Waals surface area contributed by atoms with Crippen molar-refractivity contribution >= 4 is 23.4 Å². The average molecular weight is 296 g/mol. The Bertz CT molecular complexity index is 418. The summed E-state index contributed by atoms with van der Waals surface area (Å²) in [5.41, 5.74) is -3.44. The molecular weight excluding hydrogens is 283 g/mol. The molecule has 0 saturated carbocycles. The molecular formula is C12H13ClF3NS. The first-order chi connectivity index (χ1) is 8.43. The number of hydrogen-bond donors (Lipinski definition) is 1. The fourth-order valence-electron chi connectivity index (χ4n) is 2.18. The molecule has 1 N–H and O–H groups in total. The monoisotopic (exact) mass is 295 g/mol. The third kappa shape index (κ3) is 3.13. The van der Waals surface area contributed by atoms with Crippen LogP contribution in [-0.2, 0) is 5.41 Å². The summed E-state index contributed by atoms with van der Waals surface area (Å²) in [5.74, 6) is 0.0659. The van der Waals surface area contributed by atoms with Gasteiger partial charge in [-0.25, -0.2) is 0 Å². The van der Waals surface area contributed by atoms with E-state index in [-0.39, 0.29) is 22.9 Å². The lowest BCUT2D eigenvalue weighted by Gasteiger charge is -2.44. The van der Waals surface area contributed by atoms with Gasteiger partial charge in [0.15, 0.2) is 0 Å². The summed E-state index contributed by atoms with van der Waals surface area (Å²) in [7, 11) is 0. The van der Waals surface area contributed by atoms with Crippen LogP contribution in [0, 0.1) is 0 Å². The summed E-state index contributed by atoms with van der Waals surface area (Å²) >= 11 is 6.17. The summed E-state index contributed by atoms with van der Waals surface area (Å²) < 4.78 is 36.5. The molecule has 1 heterocycles. The van der Waals surface area contributed by atoms with Crippen molar-refractivity contribution < 1.29 is 13.2 Å². The third-order valence-corrected chi connectivity index (χ3v) is 4.28. The first-order valence-electron chi connectivity index (χ1n) is 5.59. The predicted molar refractivity (Wildman–Crippen MR) is 69.1 cm³/mol. The molecule has 100 valence electrons. The third-order valence-electron chi connectivity index (χ3n) is 3.22. The van der Waals surface area contributed by atoms with E-state index in [1.807, 2.05) is 18.2 Å². The molecule has 2 rings (SSSR count). The standard InChI is InChI=1S/C12H13ClF3NS/c13-10-4-2-1-3-9(10)11(7-17-8-11)5-6-18-12(14,15)16/h1-4,17H,5-8H2. The minimum atomic E-state index is -4.15. The minimum absolute atomic E-state index is 0.0394. The maximum Gasteiger partial charge on any atom is 0.441 e. The topological polar surface area (TPSA) is 12.0 Å². The van der Waals surface area contributed by atoms with Crippen LogP contribution >= 0.6 is 23.4 Å². The fourth-order valence-corrected chi connectivity index (χ4v) is 3.24. The van der Waals surface area contributed by atoms with E-state index in [9.17, 15) is 13.2 Å². The maximum atomic E-state index is 12.2. The molecule has 0 radical (unpaired) electrons. The molecule has 1 nitrogen and oxygen atoms in total. The van der Waals surface area contributed by atoms with Gasteiger partial charge in [0.05, 0.1) is 0 Å². The highest BCUT2D eigenvalue weighted by atomic mass is 35.5. The molecule has 1 aliphatic rings. The van der Waals surface area contributed by atoms with E-state index in [2.05, 4.69) is 5.32 Å². The molecule has 0 aliphatic carbocycles. The van der Waals surface area contributed by atoms with Crippen LogP contribution in [-0.4, -0.2) is 24.4 Å². The molecule has 1 aromatic rings. The van der Waals surface area contributed by atoms with Crippen molar-refractivity contribution in [2.75, 3.05) is 18.8 Å². The Morgan fingerprint density at radius 1 is 1.28 bits per heavy atom. The van der Waals surface area contributed by atoms with Crippen LogP contribution in [0.3, 0.4) is 0 Å². The molecule has 1 aromatic carbocycles. The smallest absolute Gasteiger partial charge is 0.315 e. The summed E-state index contributed by atoms with van der Waals surface area (Å²) in [5, 5.41) is 3.76. The fraction of sp³-hybridized carbons (Fsp3) is 0.500.